The van der Waals surface area contributed by atoms with Crippen molar-refractivity contribution < 1.29 is 13.2 Å². The summed E-state index contributed by atoms with van der Waals surface area (Å²) < 4.78 is 38.8. The Balaban J connectivity index is 2.88. The summed E-state index contributed by atoms with van der Waals surface area (Å²) >= 11 is 0. The molecule has 0 spiro atoms. The van der Waals surface area contributed by atoms with Crippen molar-refractivity contribution in [2.75, 3.05) is 6.54 Å². The van der Waals surface area contributed by atoms with Crippen LogP contribution in [0.1, 0.15) is 30.5 Å². The fourth-order valence-corrected chi connectivity index (χ4v) is 1.45. The molecule has 0 saturated carbocycles. The van der Waals surface area contributed by atoms with Crippen molar-refractivity contribution in [1.82, 2.24) is 5.32 Å². The Morgan fingerprint density at radius 3 is 2.50 bits per heavy atom. The highest BCUT2D eigenvalue weighted by atomic mass is 19.3. The van der Waals surface area contributed by atoms with E-state index in [1.165, 1.54) is 18.2 Å². The molecule has 0 saturated heterocycles. The maximum atomic E-state index is 13.3. The summed E-state index contributed by atoms with van der Waals surface area (Å²) in [5.41, 5.74) is 0.763. The first-order chi connectivity index (χ1) is 7.56. The Bertz CT molecular complexity index is 339. The van der Waals surface area contributed by atoms with Crippen LogP contribution in [0.4, 0.5) is 13.2 Å². The zero-order chi connectivity index (χ0) is 12.1. The van der Waals surface area contributed by atoms with E-state index in [0.29, 0.717) is 17.7 Å². The van der Waals surface area contributed by atoms with Gasteiger partial charge in [0.05, 0.1) is 6.04 Å². The number of halogens is 3. The molecule has 1 atom stereocenters. The monoisotopic (exact) mass is 231 g/mol. The fourth-order valence-electron chi connectivity index (χ4n) is 1.45. The molecule has 0 heterocycles. The van der Waals surface area contributed by atoms with Crippen LogP contribution in [0.25, 0.3) is 0 Å². The second kappa shape index (κ2) is 5.89. The van der Waals surface area contributed by atoms with E-state index in [9.17, 15) is 13.2 Å². The number of hydrogen-bond acceptors (Lipinski definition) is 1. The van der Waals surface area contributed by atoms with Gasteiger partial charge in [-0.05, 0) is 37.1 Å². The fraction of sp³-hybridized carbons (Fsp3) is 0.500. The molecule has 0 aliphatic heterocycles. The molecule has 1 unspecified atom stereocenters. The Morgan fingerprint density at radius 1 is 1.31 bits per heavy atom. The van der Waals surface area contributed by atoms with Crippen molar-refractivity contribution in [2.45, 2.75) is 32.7 Å². The van der Waals surface area contributed by atoms with Crippen LogP contribution in [-0.2, 0) is 0 Å². The van der Waals surface area contributed by atoms with E-state index >= 15 is 0 Å². The van der Waals surface area contributed by atoms with Crippen LogP contribution in [0, 0.1) is 12.7 Å². The maximum Gasteiger partial charge on any atom is 0.257 e. The average molecular weight is 231 g/mol. The SMILES string of the molecule is CCCNC(c1ccc(C)c(F)c1)C(F)F. The van der Waals surface area contributed by atoms with Crippen LogP contribution >= 0.6 is 0 Å². The van der Waals surface area contributed by atoms with E-state index < -0.39 is 18.3 Å². The molecule has 1 N–H and O–H groups in total. The summed E-state index contributed by atoms with van der Waals surface area (Å²) in [6.45, 7) is 3.99. The first-order valence-corrected chi connectivity index (χ1v) is 5.33. The first-order valence-electron chi connectivity index (χ1n) is 5.33. The zero-order valence-electron chi connectivity index (χ0n) is 9.43. The quantitative estimate of drug-likeness (QED) is 0.818. The molecule has 0 bridgehead atoms. The van der Waals surface area contributed by atoms with Gasteiger partial charge in [-0.2, -0.15) is 0 Å². The Kier molecular flexibility index (Phi) is 4.80. The lowest BCUT2D eigenvalue weighted by molar-refractivity contribution is 0.0984. The van der Waals surface area contributed by atoms with Crippen molar-refractivity contribution in [3.8, 4) is 0 Å². The molecular weight excluding hydrogens is 215 g/mol. The average Bonchev–Trinajstić information content (AvgIpc) is 2.23. The summed E-state index contributed by atoms with van der Waals surface area (Å²) in [5, 5.41) is 2.72. The molecule has 0 aliphatic rings. The lowest BCUT2D eigenvalue weighted by atomic mass is 10.0. The molecule has 90 valence electrons. The second-order valence-electron chi connectivity index (χ2n) is 3.77. The van der Waals surface area contributed by atoms with Gasteiger partial charge in [-0.3, -0.25) is 0 Å². The molecular formula is C12H16F3N. The highest BCUT2D eigenvalue weighted by molar-refractivity contribution is 5.26. The molecule has 0 aliphatic carbocycles. The Labute approximate surface area is 93.7 Å². The van der Waals surface area contributed by atoms with Crippen molar-refractivity contribution in [2.24, 2.45) is 0 Å². The maximum absolute atomic E-state index is 13.3. The Hall–Kier alpha value is -1.03. The highest BCUT2D eigenvalue weighted by Gasteiger charge is 2.21. The summed E-state index contributed by atoms with van der Waals surface area (Å²) in [6.07, 6.45) is -1.77. The minimum absolute atomic E-state index is 0.298. The standard InChI is InChI=1S/C12H16F3N/c1-3-6-16-11(12(14)15)9-5-4-8(2)10(13)7-9/h4-5,7,11-12,16H,3,6H2,1-2H3. The van der Waals surface area contributed by atoms with Gasteiger partial charge in [0.2, 0.25) is 0 Å². The number of hydrogen-bond donors (Lipinski definition) is 1. The third-order valence-electron chi connectivity index (χ3n) is 2.42. The van der Waals surface area contributed by atoms with Crippen LogP contribution in [0.15, 0.2) is 18.2 Å². The van der Waals surface area contributed by atoms with Gasteiger partial charge in [-0.1, -0.05) is 19.1 Å². The molecule has 1 aromatic rings. The Morgan fingerprint density at radius 2 is 2.00 bits per heavy atom. The van der Waals surface area contributed by atoms with Crippen LogP contribution < -0.4 is 5.32 Å². The van der Waals surface area contributed by atoms with E-state index in [0.717, 1.165) is 6.42 Å². The topological polar surface area (TPSA) is 12.0 Å². The van der Waals surface area contributed by atoms with Crippen molar-refractivity contribution in [3.05, 3.63) is 35.1 Å². The minimum Gasteiger partial charge on any atom is -0.305 e. The van der Waals surface area contributed by atoms with Gasteiger partial charge in [0.15, 0.2) is 0 Å². The second-order valence-corrected chi connectivity index (χ2v) is 3.77. The van der Waals surface area contributed by atoms with Gasteiger partial charge in [0.25, 0.3) is 6.43 Å². The van der Waals surface area contributed by atoms with E-state index in [1.807, 2.05) is 6.92 Å². The van der Waals surface area contributed by atoms with Crippen LogP contribution in [-0.4, -0.2) is 13.0 Å². The molecule has 1 rings (SSSR count). The zero-order valence-corrected chi connectivity index (χ0v) is 9.43. The number of benzene rings is 1. The molecule has 4 heteroatoms. The minimum atomic E-state index is -2.53. The molecule has 0 fully saturated rings. The normalized spacial score (nSPS) is 13.1. The van der Waals surface area contributed by atoms with Crippen LogP contribution in [0.5, 0.6) is 0 Å². The molecule has 0 aromatic heterocycles. The predicted octanol–water partition coefficient (Wildman–Crippen LogP) is 3.44. The highest BCUT2D eigenvalue weighted by Crippen LogP contribution is 2.22. The van der Waals surface area contributed by atoms with E-state index in [1.54, 1.807) is 6.92 Å². The molecule has 1 aromatic carbocycles. The van der Waals surface area contributed by atoms with Crippen molar-refractivity contribution >= 4 is 0 Å². The summed E-state index contributed by atoms with van der Waals surface area (Å²) in [6, 6.07) is 3.15. The number of alkyl halides is 2. The molecule has 16 heavy (non-hydrogen) atoms. The van der Waals surface area contributed by atoms with Gasteiger partial charge in [0, 0.05) is 0 Å². The number of aryl methyl sites for hydroxylation is 1. The number of rotatable bonds is 5. The first kappa shape index (κ1) is 13.0. The van der Waals surface area contributed by atoms with Crippen molar-refractivity contribution in [3.63, 3.8) is 0 Å². The summed E-state index contributed by atoms with van der Waals surface area (Å²) in [7, 11) is 0. The van der Waals surface area contributed by atoms with Crippen LogP contribution in [0.2, 0.25) is 0 Å². The smallest absolute Gasteiger partial charge is 0.257 e. The van der Waals surface area contributed by atoms with E-state index in [4.69, 9.17) is 0 Å². The largest absolute Gasteiger partial charge is 0.305 e. The lowest BCUT2D eigenvalue weighted by Crippen LogP contribution is -2.28. The van der Waals surface area contributed by atoms with Gasteiger partial charge < -0.3 is 5.32 Å². The molecule has 0 radical (unpaired) electrons. The third-order valence-corrected chi connectivity index (χ3v) is 2.42. The summed E-state index contributed by atoms with van der Waals surface area (Å²) in [4.78, 5) is 0. The van der Waals surface area contributed by atoms with Gasteiger partial charge in [-0.15, -0.1) is 0 Å². The lowest BCUT2D eigenvalue weighted by Gasteiger charge is -2.18. The van der Waals surface area contributed by atoms with E-state index in [2.05, 4.69) is 5.32 Å². The molecule has 1 nitrogen and oxygen atoms in total. The predicted molar refractivity (Wildman–Crippen MR) is 58.2 cm³/mol. The van der Waals surface area contributed by atoms with Gasteiger partial charge in [-0.25, -0.2) is 13.2 Å². The summed E-state index contributed by atoms with van der Waals surface area (Å²) in [5.74, 6) is -0.443. The van der Waals surface area contributed by atoms with Crippen molar-refractivity contribution in [1.29, 1.82) is 0 Å². The van der Waals surface area contributed by atoms with Crippen LogP contribution in [0.3, 0.4) is 0 Å². The molecule has 0 amide bonds. The van der Waals surface area contributed by atoms with Gasteiger partial charge >= 0.3 is 0 Å². The third kappa shape index (κ3) is 3.23. The van der Waals surface area contributed by atoms with Gasteiger partial charge in [0.1, 0.15) is 5.82 Å². The number of nitrogens with one attached hydrogen (secondary N) is 1. The van der Waals surface area contributed by atoms with E-state index in [-0.39, 0.29) is 0 Å².